The molecule has 0 bridgehead atoms. The standard InChI is InChI=1S/C13H14N2O3/c16-12(17)9-5-7-11(8-6-9)15-13(18)14-10-3-1-2-4-10/h1-2,5-8,10H,3-4H2,(H,16,17)(H2,14,15,18). The first kappa shape index (κ1) is 12.2. The molecule has 1 aromatic rings. The van der Waals surface area contributed by atoms with Gasteiger partial charge in [0.15, 0.2) is 0 Å². The molecule has 0 unspecified atom stereocenters. The molecule has 1 aliphatic carbocycles. The average molecular weight is 246 g/mol. The van der Waals surface area contributed by atoms with Crippen molar-refractivity contribution in [3.63, 3.8) is 0 Å². The van der Waals surface area contributed by atoms with Crippen LogP contribution in [0.3, 0.4) is 0 Å². The highest BCUT2D eigenvalue weighted by Gasteiger charge is 2.13. The van der Waals surface area contributed by atoms with Gasteiger partial charge in [0.1, 0.15) is 0 Å². The summed E-state index contributed by atoms with van der Waals surface area (Å²) in [7, 11) is 0. The van der Waals surface area contributed by atoms with Crippen molar-refractivity contribution < 1.29 is 14.7 Å². The number of hydrogen-bond acceptors (Lipinski definition) is 2. The molecule has 5 heteroatoms. The van der Waals surface area contributed by atoms with E-state index in [4.69, 9.17) is 5.11 Å². The molecule has 0 radical (unpaired) electrons. The number of hydrogen-bond donors (Lipinski definition) is 3. The number of urea groups is 1. The fourth-order valence-corrected chi connectivity index (χ4v) is 1.78. The van der Waals surface area contributed by atoms with Crippen molar-refractivity contribution >= 4 is 17.7 Å². The van der Waals surface area contributed by atoms with Crippen molar-refractivity contribution in [1.82, 2.24) is 5.32 Å². The third kappa shape index (κ3) is 3.10. The molecule has 5 nitrogen and oxygen atoms in total. The van der Waals surface area contributed by atoms with Crippen LogP contribution < -0.4 is 10.6 Å². The number of aromatic carboxylic acids is 1. The third-order valence-corrected chi connectivity index (χ3v) is 2.73. The summed E-state index contributed by atoms with van der Waals surface area (Å²) in [4.78, 5) is 22.3. The van der Waals surface area contributed by atoms with Gasteiger partial charge >= 0.3 is 12.0 Å². The smallest absolute Gasteiger partial charge is 0.335 e. The summed E-state index contributed by atoms with van der Waals surface area (Å²) in [6.45, 7) is 0. The normalized spacial score (nSPS) is 14.4. The van der Waals surface area contributed by atoms with Crippen LogP contribution in [-0.4, -0.2) is 23.1 Å². The van der Waals surface area contributed by atoms with Gasteiger partial charge < -0.3 is 15.7 Å². The fourth-order valence-electron chi connectivity index (χ4n) is 1.78. The second kappa shape index (κ2) is 5.35. The zero-order chi connectivity index (χ0) is 13.0. The molecule has 0 heterocycles. The Morgan fingerprint density at radius 3 is 2.28 bits per heavy atom. The van der Waals surface area contributed by atoms with Crippen molar-refractivity contribution in [2.75, 3.05) is 5.32 Å². The molecular formula is C13H14N2O3. The van der Waals surface area contributed by atoms with Gasteiger partial charge in [0, 0.05) is 11.7 Å². The van der Waals surface area contributed by atoms with Gasteiger partial charge in [-0.1, -0.05) is 12.2 Å². The quantitative estimate of drug-likeness (QED) is 0.715. The van der Waals surface area contributed by atoms with Crippen LogP contribution in [-0.2, 0) is 0 Å². The highest BCUT2D eigenvalue weighted by Crippen LogP contribution is 2.11. The maximum absolute atomic E-state index is 11.6. The van der Waals surface area contributed by atoms with Gasteiger partial charge in [-0.25, -0.2) is 9.59 Å². The van der Waals surface area contributed by atoms with Gasteiger partial charge in [-0.2, -0.15) is 0 Å². The number of carbonyl (C=O) groups excluding carboxylic acids is 1. The highest BCUT2D eigenvalue weighted by molar-refractivity contribution is 5.91. The maximum atomic E-state index is 11.6. The van der Waals surface area contributed by atoms with E-state index in [9.17, 15) is 9.59 Å². The first-order chi connectivity index (χ1) is 8.65. The van der Waals surface area contributed by atoms with E-state index in [0.29, 0.717) is 5.69 Å². The minimum atomic E-state index is -0.983. The molecule has 0 saturated carbocycles. The second-order valence-electron chi connectivity index (χ2n) is 4.12. The molecule has 0 aromatic heterocycles. The molecule has 0 fully saturated rings. The highest BCUT2D eigenvalue weighted by atomic mass is 16.4. The molecule has 2 amide bonds. The van der Waals surface area contributed by atoms with Crippen LogP contribution in [0.15, 0.2) is 36.4 Å². The van der Waals surface area contributed by atoms with Crippen LogP contribution >= 0.6 is 0 Å². The largest absolute Gasteiger partial charge is 0.478 e. The van der Waals surface area contributed by atoms with E-state index in [1.165, 1.54) is 12.1 Å². The van der Waals surface area contributed by atoms with E-state index < -0.39 is 5.97 Å². The molecular weight excluding hydrogens is 232 g/mol. The molecule has 2 rings (SSSR count). The predicted molar refractivity (Wildman–Crippen MR) is 67.7 cm³/mol. The zero-order valence-electron chi connectivity index (χ0n) is 9.72. The molecule has 18 heavy (non-hydrogen) atoms. The van der Waals surface area contributed by atoms with Crippen LogP contribution in [0, 0.1) is 0 Å². The Hall–Kier alpha value is -2.30. The lowest BCUT2D eigenvalue weighted by Gasteiger charge is -2.13. The third-order valence-electron chi connectivity index (χ3n) is 2.73. The Kier molecular flexibility index (Phi) is 3.62. The van der Waals surface area contributed by atoms with Crippen molar-refractivity contribution in [1.29, 1.82) is 0 Å². The first-order valence-electron chi connectivity index (χ1n) is 5.71. The Labute approximate surface area is 105 Å². The van der Waals surface area contributed by atoms with E-state index in [0.717, 1.165) is 12.8 Å². The van der Waals surface area contributed by atoms with E-state index in [1.54, 1.807) is 12.1 Å². The maximum Gasteiger partial charge on any atom is 0.335 e. The minimum Gasteiger partial charge on any atom is -0.478 e. The van der Waals surface area contributed by atoms with Gasteiger partial charge in [0.05, 0.1) is 5.56 Å². The lowest BCUT2D eigenvalue weighted by Crippen LogP contribution is -2.36. The van der Waals surface area contributed by atoms with E-state index in [1.807, 2.05) is 12.2 Å². The number of carbonyl (C=O) groups is 2. The van der Waals surface area contributed by atoms with Gasteiger partial charge in [0.25, 0.3) is 0 Å². The lowest BCUT2D eigenvalue weighted by atomic mass is 10.2. The van der Waals surface area contributed by atoms with Crippen molar-refractivity contribution in [2.45, 2.75) is 18.9 Å². The molecule has 0 saturated heterocycles. The summed E-state index contributed by atoms with van der Waals surface area (Å²) in [5.74, 6) is -0.983. The Morgan fingerprint density at radius 1 is 1.11 bits per heavy atom. The van der Waals surface area contributed by atoms with E-state index in [2.05, 4.69) is 10.6 Å². The summed E-state index contributed by atoms with van der Waals surface area (Å²) < 4.78 is 0. The fraction of sp³-hybridized carbons (Fsp3) is 0.231. The zero-order valence-corrected chi connectivity index (χ0v) is 9.72. The first-order valence-corrected chi connectivity index (χ1v) is 5.71. The molecule has 3 N–H and O–H groups in total. The number of anilines is 1. The van der Waals surface area contributed by atoms with E-state index >= 15 is 0 Å². The Balaban J connectivity index is 1.88. The number of rotatable bonds is 3. The molecule has 94 valence electrons. The van der Waals surface area contributed by atoms with Gasteiger partial charge in [0.2, 0.25) is 0 Å². The van der Waals surface area contributed by atoms with Crippen LogP contribution in [0.1, 0.15) is 23.2 Å². The SMILES string of the molecule is O=C(Nc1ccc(C(=O)O)cc1)NC1CC=CC1. The molecule has 0 spiro atoms. The van der Waals surface area contributed by atoms with Crippen LogP contribution in [0.2, 0.25) is 0 Å². The van der Waals surface area contributed by atoms with Crippen molar-refractivity contribution in [2.24, 2.45) is 0 Å². The van der Waals surface area contributed by atoms with E-state index in [-0.39, 0.29) is 17.6 Å². The predicted octanol–water partition coefficient (Wildman–Crippen LogP) is 2.22. The molecule has 1 aromatic carbocycles. The summed E-state index contributed by atoms with van der Waals surface area (Å²) in [6.07, 6.45) is 5.77. The summed E-state index contributed by atoms with van der Waals surface area (Å²) >= 11 is 0. The van der Waals surface area contributed by atoms with Crippen molar-refractivity contribution in [3.8, 4) is 0 Å². The topological polar surface area (TPSA) is 78.4 Å². The minimum absolute atomic E-state index is 0.156. The van der Waals surface area contributed by atoms with Crippen LogP contribution in [0.5, 0.6) is 0 Å². The Bertz CT molecular complexity index is 472. The van der Waals surface area contributed by atoms with Crippen LogP contribution in [0.25, 0.3) is 0 Å². The number of benzene rings is 1. The molecule has 0 atom stereocenters. The molecule has 0 aliphatic heterocycles. The number of carboxylic acids is 1. The van der Waals surface area contributed by atoms with Gasteiger partial charge in [-0.3, -0.25) is 0 Å². The number of nitrogens with one attached hydrogen (secondary N) is 2. The van der Waals surface area contributed by atoms with Crippen molar-refractivity contribution in [3.05, 3.63) is 42.0 Å². The number of amides is 2. The second-order valence-corrected chi connectivity index (χ2v) is 4.12. The Morgan fingerprint density at radius 2 is 1.72 bits per heavy atom. The lowest BCUT2D eigenvalue weighted by molar-refractivity contribution is 0.0697. The summed E-state index contributed by atoms with van der Waals surface area (Å²) in [6, 6.07) is 5.92. The van der Waals surface area contributed by atoms with Gasteiger partial charge in [-0.15, -0.1) is 0 Å². The number of carboxylic acid groups (broad SMARTS) is 1. The monoisotopic (exact) mass is 246 g/mol. The summed E-state index contributed by atoms with van der Waals surface area (Å²) in [5, 5.41) is 14.2. The average Bonchev–Trinajstić information content (AvgIpc) is 2.82. The van der Waals surface area contributed by atoms with Gasteiger partial charge in [-0.05, 0) is 37.1 Å². The summed E-state index contributed by atoms with van der Waals surface area (Å²) in [5.41, 5.74) is 0.768. The van der Waals surface area contributed by atoms with Crippen LogP contribution in [0.4, 0.5) is 10.5 Å². The molecule has 1 aliphatic rings.